The van der Waals surface area contributed by atoms with Gasteiger partial charge in [0.05, 0.1) is 6.54 Å². The van der Waals surface area contributed by atoms with Crippen molar-refractivity contribution in [2.45, 2.75) is 13.0 Å². The molecule has 3 aromatic rings. The Kier molecular flexibility index (Phi) is 2.77. The van der Waals surface area contributed by atoms with Gasteiger partial charge >= 0.3 is 0 Å². The summed E-state index contributed by atoms with van der Waals surface area (Å²) in [5.74, 6) is 0. The van der Waals surface area contributed by atoms with Crippen molar-refractivity contribution in [3.63, 3.8) is 0 Å². The summed E-state index contributed by atoms with van der Waals surface area (Å²) < 4.78 is 1.70. The lowest BCUT2D eigenvalue weighted by Crippen LogP contribution is -2.02. The second-order valence-corrected chi connectivity index (χ2v) is 4.24. The van der Waals surface area contributed by atoms with Crippen molar-refractivity contribution < 1.29 is 0 Å². The molecule has 0 radical (unpaired) electrons. The van der Waals surface area contributed by atoms with E-state index in [1.807, 2.05) is 6.20 Å². The molecule has 0 saturated carbocycles. The first-order valence-corrected chi connectivity index (χ1v) is 5.86. The van der Waals surface area contributed by atoms with Crippen molar-refractivity contribution in [1.29, 1.82) is 0 Å². The number of aromatic nitrogens is 5. The number of nitrogens with one attached hydrogen (secondary N) is 1. The smallest absolute Gasteiger partial charge is 0.138 e. The van der Waals surface area contributed by atoms with Gasteiger partial charge in [-0.05, 0) is 46.7 Å². The van der Waals surface area contributed by atoms with Gasteiger partial charge in [-0.2, -0.15) is 0 Å². The van der Waals surface area contributed by atoms with Crippen LogP contribution >= 0.6 is 0 Å². The molecule has 18 heavy (non-hydrogen) atoms. The van der Waals surface area contributed by atoms with Crippen molar-refractivity contribution in [3.05, 3.63) is 41.9 Å². The van der Waals surface area contributed by atoms with Gasteiger partial charge in [0.25, 0.3) is 0 Å². The highest BCUT2D eigenvalue weighted by atomic mass is 15.5. The number of rotatable bonds is 4. The highest BCUT2D eigenvalue weighted by Crippen LogP contribution is 2.20. The number of benzene rings is 1. The number of hydrogen-bond acceptors (Lipinski definition) is 4. The van der Waals surface area contributed by atoms with Crippen LogP contribution in [0.4, 0.5) is 0 Å². The number of H-pyrrole nitrogens is 1. The van der Waals surface area contributed by atoms with E-state index in [2.05, 4.69) is 38.7 Å². The van der Waals surface area contributed by atoms with E-state index in [1.165, 1.54) is 16.5 Å². The Hall–Kier alpha value is -2.21. The molecule has 6 nitrogen and oxygen atoms in total. The first-order valence-electron chi connectivity index (χ1n) is 5.86. The van der Waals surface area contributed by atoms with Crippen LogP contribution in [0.2, 0.25) is 0 Å². The Morgan fingerprint density at radius 3 is 3.06 bits per heavy atom. The fourth-order valence-electron chi connectivity index (χ4n) is 2.13. The van der Waals surface area contributed by atoms with Crippen molar-refractivity contribution in [1.82, 2.24) is 25.2 Å². The number of tetrazole rings is 1. The molecule has 0 spiro atoms. The van der Waals surface area contributed by atoms with Crippen LogP contribution in [0.25, 0.3) is 10.9 Å². The molecule has 0 saturated heterocycles. The second kappa shape index (κ2) is 4.58. The fourth-order valence-corrected chi connectivity index (χ4v) is 2.13. The number of aromatic amines is 1. The maximum atomic E-state index is 5.61. The van der Waals surface area contributed by atoms with Gasteiger partial charge in [0.1, 0.15) is 6.33 Å². The van der Waals surface area contributed by atoms with Gasteiger partial charge in [-0.25, -0.2) is 4.68 Å². The summed E-state index contributed by atoms with van der Waals surface area (Å²) in [6.07, 6.45) is 4.52. The van der Waals surface area contributed by atoms with Crippen molar-refractivity contribution in [2.24, 2.45) is 5.73 Å². The molecule has 0 aliphatic rings. The van der Waals surface area contributed by atoms with Crippen molar-refractivity contribution >= 4 is 10.9 Å². The number of hydrogen-bond donors (Lipinski definition) is 2. The Morgan fingerprint density at radius 2 is 2.28 bits per heavy atom. The van der Waals surface area contributed by atoms with Crippen LogP contribution in [-0.2, 0) is 13.0 Å². The van der Waals surface area contributed by atoms with E-state index in [0.717, 1.165) is 11.9 Å². The lowest BCUT2D eigenvalue weighted by Gasteiger charge is -2.02. The Balaban J connectivity index is 1.96. The molecule has 92 valence electrons. The minimum Gasteiger partial charge on any atom is -0.361 e. The molecule has 0 aliphatic heterocycles. The molecule has 6 heteroatoms. The average Bonchev–Trinajstić information content (AvgIpc) is 3.00. The molecule has 0 amide bonds. The average molecular weight is 242 g/mol. The van der Waals surface area contributed by atoms with E-state index in [9.17, 15) is 0 Å². The van der Waals surface area contributed by atoms with Gasteiger partial charge in [-0.15, -0.1) is 5.10 Å². The van der Waals surface area contributed by atoms with Crippen LogP contribution in [0.1, 0.15) is 11.1 Å². The number of nitrogens with zero attached hydrogens (tertiary/aromatic N) is 4. The molecule has 3 N–H and O–H groups in total. The maximum absolute atomic E-state index is 5.61. The zero-order valence-corrected chi connectivity index (χ0v) is 9.87. The topological polar surface area (TPSA) is 85.4 Å². The van der Waals surface area contributed by atoms with Gasteiger partial charge < -0.3 is 10.7 Å². The summed E-state index contributed by atoms with van der Waals surface area (Å²) in [5, 5.41) is 12.3. The predicted molar refractivity (Wildman–Crippen MR) is 68.0 cm³/mol. The van der Waals surface area contributed by atoms with E-state index in [0.29, 0.717) is 13.1 Å². The van der Waals surface area contributed by atoms with Gasteiger partial charge in [-0.3, -0.25) is 0 Å². The number of nitrogens with two attached hydrogens (primary N) is 1. The van der Waals surface area contributed by atoms with Gasteiger partial charge in [0.15, 0.2) is 0 Å². The molecule has 0 bridgehead atoms. The Labute approximate surface area is 104 Å². The third-order valence-corrected chi connectivity index (χ3v) is 2.98. The van der Waals surface area contributed by atoms with E-state index < -0.39 is 0 Å². The molecule has 0 atom stereocenters. The van der Waals surface area contributed by atoms with Gasteiger partial charge in [0, 0.05) is 17.1 Å². The largest absolute Gasteiger partial charge is 0.361 e. The number of fused-ring (bicyclic) bond motifs is 1. The first-order chi connectivity index (χ1) is 8.86. The van der Waals surface area contributed by atoms with Crippen LogP contribution in [0.15, 0.2) is 30.7 Å². The van der Waals surface area contributed by atoms with E-state index in [-0.39, 0.29) is 0 Å². The van der Waals surface area contributed by atoms with E-state index in [4.69, 9.17) is 5.73 Å². The van der Waals surface area contributed by atoms with Gasteiger partial charge in [0.2, 0.25) is 0 Å². The van der Waals surface area contributed by atoms with Crippen molar-refractivity contribution in [3.8, 4) is 0 Å². The van der Waals surface area contributed by atoms with Crippen LogP contribution in [0.5, 0.6) is 0 Å². The monoisotopic (exact) mass is 242 g/mol. The summed E-state index contributed by atoms with van der Waals surface area (Å²) in [5.41, 5.74) is 9.18. The lowest BCUT2D eigenvalue weighted by atomic mass is 10.1. The predicted octanol–water partition coefficient (Wildman–Crippen LogP) is 0.704. The summed E-state index contributed by atoms with van der Waals surface area (Å²) in [6, 6.07) is 6.32. The lowest BCUT2D eigenvalue weighted by molar-refractivity contribution is 0.648. The van der Waals surface area contributed by atoms with Crippen LogP contribution in [-0.4, -0.2) is 31.7 Å². The molecule has 3 rings (SSSR count). The molecular weight excluding hydrogens is 228 g/mol. The molecule has 1 aromatic carbocycles. The van der Waals surface area contributed by atoms with Crippen LogP contribution in [0.3, 0.4) is 0 Å². The fraction of sp³-hybridized carbons (Fsp3) is 0.250. The molecular formula is C12H14N6. The SMILES string of the molecule is NCCc1c[nH]c2ccc(Cn3cnnn3)cc12. The van der Waals surface area contributed by atoms with E-state index >= 15 is 0 Å². The summed E-state index contributed by atoms with van der Waals surface area (Å²) in [7, 11) is 0. The highest BCUT2D eigenvalue weighted by Gasteiger charge is 2.04. The summed E-state index contributed by atoms with van der Waals surface area (Å²) in [6.45, 7) is 1.33. The second-order valence-electron chi connectivity index (χ2n) is 4.24. The minimum absolute atomic E-state index is 0.657. The molecule has 0 aliphatic carbocycles. The summed E-state index contributed by atoms with van der Waals surface area (Å²) in [4.78, 5) is 3.26. The normalized spacial score (nSPS) is 11.2. The highest BCUT2D eigenvalue weighted by molar-refractivity contribution is 5.83. The first kappa shape index (κ1) is 10.9. The van der Waals surface area contributed by atoms with E-state index in [1.54, 1.807) is 11.0 Å². The third-order valence-electron chi connectivity index (χ3n) is 2.98. The minimum atomic E-state index is 0.657. The van der Waals surface area contributed by atoms with Crippen LogP contribution < -0.4 is 5.73 Å². The quantitative estimate of drug-likeness (QED) is 0.705. The third kappa shape index (κ3) is 1.98. The van der Waals surface area contributed by atoms with Crippen molar-refractivity contribution in [2.75, 3.05) is 6.54 Å². The molecule has 0 unspecified atom stereocenters. The Morgan fingerprint density at radius 1 is 1.33 bits per heavy atom. The molecule has 2 heterocycles. The maximum Gasteiger partial charge on any atom is 0.138 e. The zero-order chi connectivity index (χ0) is 12.4. The zero-order valence-electron chi connectivity index (χ0n) is 9.87. The standard InChI is InChI=1S/C12H14N6/c13-4-3-10-6-14-12-2-1-9(5-11(10)12)7-18-8-15-16-17-18/h1-2,5-6,8,14H,3-4,7,13H2. The van der Waals surface area contributed by atoms with Crippen LogP contribution in [0, 0.1) is 0 Å². The summed E-state index contributed by atoms with van der Waals surface area (Å²) >= 11 is 0. The van der Waals surface area contributed by atoms with Gasteiger partial charge in [-0.1, -0.05) is 6.07 Å². The Bertz CT molecular complexity index is 640. The molecule has 2 aromatic heterocycles. The molecule has 0 fully saturated rings.